The van der Waals surface area contributed by atoms with Crippen LogP contribution >= 0.6 is 0 Å². The fourth-order valence-corrected chi connectivity index (χ4v) is 2.51. The van der Waals surface area contributed by atoms with Crippen LogP contribution in [0.15, 0.2) is 23.8 Å². The van der Waals surface area contributed by atoms with Crippen LogP contribution in [0.4, 0.5) is 0 Å². The first kappa shape index (κ1) is 11.8. The van der Waals surface area contributed by atoms with Crippen molar-refractivity contribution < 1.29 is 13.2 Å². The lowest BCUT2D eigenvalue weighted by atomic mass is 9.99. The molecule has 1 fully saturated rings. The molecule has 16 heavy (non-hydrogen) atoms. The highest BCUT2D eigenvalue weighted by Gasteiger charge is 2.32. The van der Waals surface area contributed by atoms with Gasteiger partial charge in [0.25, 0.3) is 0 Å². The Morgan fingerprint density at radius 3 is 2.69 bits per heavy atom. The van der Waals surface area contributed by atoms with Crippen molar-refractivity contribution in [3.63, 3.8) is 0 Å². The summed E-state index contributed by atoms with van der Waals surface area (Å²) in [6.07, 6.45) is 9.22. The van der Waals surface area contributed by atoms with E-state index in [1.165, 1.54) is 6.26 Å². The number of ether oxygens (including phenoxy) is 1. The van der Waals surface area contributed by atoms with Crippen molar-refractivity contribution in [1.82, 2.24) is 4.72 Å². The smallest absolute Gasteiger partial charge is 0.209 e. The van der Waals surface area contributed by atoms with E-state index in [4.69, 9.17) is 4.74 Å². The Bertz CT molecular complexity index is 421. The summed E-state index contributed by atoms with van der Waals surface area (Å²) in [5, 5.41) is 0. The molecule has 0 aromatic rings. The van der Waals surface area contributed by atoms with Crippen molar-refractivity contribution >= 4 is 10.0 Å². The molecule has 2 aliphatic rings. The monoisotopic (exact) mass is 243 g/mol. The van der Waals surface area contributed by atoms with E-state index >= 15 is 0 Å². The predicted octanol–water partition coefficient (Wildman–Crippen LogP) is 0.968. The number of allylic oxidation sites excluding steroid dienone is 2. The van der Waals surface area contributed by atoms with Gasteiger partial charge in [0, 0.05) is 0 Å². The van der Waals surface area contributed by atoms with Crippen molar-refractivity contribution in [3.8, 4) is 0 Å². The van der Waals surface area contributed by atoms with Crippen molar-refractivity contribution in [2.24, 2.45) is 0 Å². The van der Waals surface area contributed by atoms with Crippen LogP contribution in [0, 0.1) is 0 Å². The minimum atomic E-state index is -3.21. The second kappa shape index (κ2) is 4.31. The number of nitrogens with one attached hydrogen (secondary N) is 1. The van der Waals surface area contributed by atoms with E-state index in [0.717, 1.165) is 18.4 Å². The molecule has 2 unspecified atom stereocenters. The van der Waals surface area contributed by atoms with E-state index in [2.05, 4.69) is 4.72 Å². The summed E-state index contributed by atoms with van der Waals surface area (Å²) in [5.41, 5.74) is 0.985. The summed E-state index contributed by atoms with van der Waals surface area (Å²) >= 11 is 0. The fraction of sp³-hybridized carbons (Fsp3) is 0.636. The van der Waals surface area contributed by atoms with E-state index in [1.807, 2.05) is 25.2 Å². The minimum absolute atomic E-state index is 0.174. The van der Waals surface area contributed by atoms with Gasteiger partial charge in [0.1, 0.15) is 0 Å². The van der Waals surface area contributed by atoms with Crippen LogP contribution in [0.5, 0.6) is 0 Å². The molecule has 2 aliphatic carbocycles. The molecule has 0 aromatic heterocycles. The summed E-state index contributed by atoms with van der Waals surface area (Å²) in [6, 6.07) is -0.263. The molecule has 5 heteroatoms. The van der Waals surface area contributed by atoms with E-state index in [0.29, 0.717) is 6.10 Å². The highest BCUT2D eigenvalue weighted by molar-refractivity contribution is 7.88. The third-order valence-electron chi connectivity index (χ3n) is 2.69. The molecule has 0 aliphatic heterocycles. The molecule has 0 aromatic carbocycles. The molecule has 90 valence electrons. The molecule has 2 atom stereocenters. The Morgan fingerprint density at radius 2 is 2.12 bits per heavy atom. The summed E-state index contributed by atoms with van der Waals surface area (Å²) < 4.78 is 30.9. The molecule has 2 rings (SSSR count). The Morgan fingerprint density at radius 1 is 1.44 bits per heavy atom. The molecular formula is C11H17NO3S. The second-order valence-corrected chi connectivity index (χ2v) is 6.24. The van der Waals surface area contributed by atoms with Crippen molar-refractivity contribution in [2.75, 3.05) is 6.26 Å². The van der Waals surface area contributed by atoms with Crippen molar-refractivity contribution in [3.05, 3.63) is 23.8 Å². The van der Waals surface area contributed by atoms with E-state index in [9.17, 15) is 8.42 Å². The minimum Gasteiger partial charge on any atom is -0.369 e. The van der Waals surface area contributed by atoms with Crippen LogP contribution in [0.2, 0.25) is 0 Å². The second-order valence-electron chi connectivity index (χ2n) is 4.46. The average Bonchev–Trinajstić information content (AvgIpc) is 2.93. The Kier molecular flexibility index (Phi) is 3.19. The first-order valence-electron chi connectivity index (χ1n) is 5.43. The summed E-state index contributed by atoms with van der Waals surface area (Å²) in [7, 11) is -3.21. The average molecular weight is 243 g/mol. The quantitative estimate of drug-likeness (QED) is 0.800. The highest BCUT2D eigenvalue weighted by atomic mass is 32.2. The van der Waals surface area contributed by atoms with Crippen LogP contribution in [-0.2, 0) is 14.8 Å². The van der Waals surface area contributed by atoms with Gasteiger partial charge in [0.05, 0.1) is 24.5 Å². The van der Waals surface area contributed by atoms with Crippen LogP contribution < -0.4 is 4.72 Å². The zero-order valence-corrected chi connectivity index (χ0v) is 10.3. The van der Waals surface area contributed by atoms with E-state index in [1.54, 1.807) is 0 Å². The Hall–Kier alpha value is -0.650. The van der Waals surface area contributed by atoms with E-state index in [-0.39, 0.29) is 12.1 Å². The van der Waals surface area contributed by atoms with Gasteiger partial charge in [-0.05, 0) is 19.8 Å². The number of hydrogen-bond donors (Lipinski definition) is 1. The SMILES string of the molecule is CC1=CC=CC(OC2CC2)C1NS(C)(=O)=O. The third kappa shape index (κ3) is 3.17. The maximum atomic E-state index is 11.3. The highest BCUT2D eigenvalue weighted by Crippen LogP contribution is 2.28. The first-order chi connectivity index (χ1) is 7.46. The van der Waals surface area contributed by atoms with Gasteiger partial charge in [-0.1, -0.05) is 23.8 Å². The molecule has 0 heterocycles. The molecule has 1 N–H and O–H groups in total. The Balaban J connectivity index is 2.09. The lowest BCUT2D eigenvalue weighted by Crippen LogP contribution is -2.45. The van der Waals surface area contributed by atoms with Gasteiger partial charge in [-0.15, -0.1) is 0 Å². The lowest BCUT2D eigenvalue weighted by Gasteiger charge is -2.28. The molecule has 0 saturated heterocycles. The van der Waals surface area contributed by atoms with Crippen LogP contribution in [-0.4, -0.2) is 32.9 Å². The van der Waals surface area contributed by atoms with Crippen LogP contribution in [0.1, 0.15) is 19.8 Å². The van der Waals surface area contributed by atoms with E-state index < -0.39 is 10.0 Å². The third-order valence-corrected chi connectivity index (χ3v) is 3.38. The van der Waals surface area contributed by atoms with Gasteiger partial charge in [-0.3, -0.25) is 0 Å². The van der Waals surface area contributed by atoms with Crippen LogP contribution in [0.3, 0.4) is 0 Å². The standard InChI is InChI=1S/C11H17NO3S/c1-8-4-3-5-10(15-9-6-7-9)11(8)12-16(2,13)14/h3-5,9-12H,6-7H2,1-2H3. The first-order valence-corrected chi connectivity index (χ1v) is 7.32. The maximum absolute atomic E-state index is 11.3. The molecule has 0 spiro atoms. The van der Waals surface area contributed by atoms with Gasteiger partial charge in [0.15, 0.2) is 0 Å². The van der Waals surface area contributed by atoms with Gasteiger partial charge in [0.2, 0.25) is 10.0 Å². The van der Waals surface area contributed by atoms with Crippen molar-refractivity contribution in [1.29, 1.82) is 0 Å². The molecular weight excluding hydrogens is 226 g/mol. The number of hydrogen-bond acceptors (Lipinski definition) is 3. The van der Waals surface area contributed by atoms with Gasteiger partial charge in [-0.2, -0.15) is 0 Å². The zero-order valence-electron chi connectivity index (χ0n) is 9.51. The normalized spacial score (nSPS) is 30.2. The summed E-state index contributed by atoms with van der Waals surface area (Å²) in [4.78, 5) is 0. The Labute approximate surface area is 96.4 Å². The molecule has 0 bridgehead atoms. The predicted molar refractivity (Wildman–Crippen MR) is 62.6 cm³/mol. The molecule has 4 nitrogen and oxygen atoms in total. The maximum Gasteiger partial charge on any atom is 0.209 e. The van der Waals surface area contributed by atoms with Crippen molar-refractivity contribution in [2.45, 2.75) is 38.0 Å². The molecule has 1 saturated carbocycles. The largest absolute Gasteiger partial charge is 0.369 e. The zero-order chi connectivity index (χ0) is 11.8. The van der Waals surface area contributed by atoms with Gasteiger partial charge in [-0.25, -0.2) is 13.1 Å². The lowest BCUT2D eigenvalue weighted by molar-refractivity contribution is 0.0572. The van der Waals surface area contributed by atoms with Gasteiger partial charge < -0.3 is 4.74 Å². The van der Waals surface area contributed by atoms with Crippen LogP contribution in [0.25, 0.3) is 0 Å². The molecule has 0 amide bonds. The fourth-order valence-electron chi connectivity index (χ4n) is 1.73. The number of rotatable bonds is 4. The summed E-state index contributed by atoms with van der Waals surface area (Å²) in [5.74, 6) is 0. The number of sulfonamides is 1. The summed E-state index contributed by atoms with van der Waals surface area (Å²) in [6.45, 7) is 1.91. The topological polar surface area (TPSA) is 55.4 Å². The molecule has 0 radical (unpaired) electrons. The van der Waals surface area contributed by atoms with Gasteiger partial charge >= 0.3 is 0 Å².